The van der Waals surface area contributed by atoms with E-state index in [1.807, 2.05) is 19.2 Å². The first-order valence-corrected chi connectivity index (χ1v) is 8.04. The van der Waals surface area contributed by atoms with Gasteiger partial charge >= 0.3 is 0 Å². The molecule has 1 aromatic heterocycles. The van der Waals surface area contributed by atoms with Crippen LogP contribution in [-0.2, 0) is 10.0 Å². The lowest BCUT2D eigenvalue weighted by Gasteiger charge is -2.11. The number of aryl methyl sites for hydroxylation is 1. The minimum atomic E-state index is -3.22. The summed E-state index contributed by atoms with van der Waals surface area (Å²) in [5.74, 6) is 0.141. The van der Waals surface area contributed by atoms with Gasteiger partial charge in [0.25, 0.3) is 0 Å². The van der Waals surface area contributed by atoms with E-state index >= 15 is 0 Å². The van der Waals surface area contributed by atoms with Crippen molar-refractivity contribution in [3.8, 4) is 0 Å². The van der Waals surface area contributed by atoms with Gasteiger partial charge in [0.05, 0.1) is 11.8 Å². The third kappa shape index (κ3) is 5.12. The number of aromatic nitrogens is 1. The molecule has 17 heavy (non-hydrogen) atoms. The van der Waals surface area contributed by atoms with Gasteiger partial charge in [-0.15, -0.1) is 11.3 Å². The van der Waals surface area contributed by atoms with Crippen molar-refractivity contribution in [2.75, 3.05) is 19.3 Å². The van der Waals surface area contributed by atoms with Crippen LogP contribution in [0.3, 0.4) is 0 Å². The topological polar surface area (TPSA) is 71.1 Å². The van der Waals surface area contributed by atoms with Crippen molar-refractivity contribution in [1.29, 1.82) is 0 Å². The van der Waals surface area contributed by atoms with Gasteiger partial charge in [-0.1, -0.05) is 0 Å². The molecule has 1 rings (SSSR count). The van der Waals surface area contributed by atoms with Crippen LogP contribution in [-0.4, -0.2) is 32.7 Å². The molecule has 0 spiro atoms. The van der Waals surface area contributed by atoms with Crippen molar-refractivity contribution in [2.24, 2.45) is 0 Å². The van der Waals surface area contributed by atoms with Crippen LogP contribution in [0, 0.1) is 6.92 Å². The van der Waals surface area contributed by atoms with Gasteiger partial charge in [0.15, 0.2) is 0 Å². The summed E-state index contributed by atoms with van der Waals surface area (Å²) in [6.07, 6.45) is 0.607. The van der Waals surface area contributed by atoms with Gasteiger partial charge < -0.3 is 5.32 Å². The highest BCUT2D eigenvalue weighted by Crippen LogP contribution is 2.18. The average molecular weight is 277 g/mol. The molecule has 0 aromatic carbocycles. The zero-order valence-corrected chi connectivity index (χ0v) is 12.0. The molecule has 0 saturated heterocycles. The maximum absolute atomic E-state index is 11.7. The van der Waals surface area contributed by atoms with Gasteiger partial charge in [0.2, 0.25) is 10.0 Å². The lowest BCUT2D eigenvalue weighted by atomic mass is 10.4. The largest absolute Gasteiger partial charge is 0.320 e. The van der Waals surface area contributed by atoms with Crippen molar-refractivity contribution in [3.05, 3.63) is 16.1 Å². The highest BCUT2D eigenvalue weighted by Gasteiger charge is 2.17. The Labute approximate surface area is 107 Å². The van der Waals surface area contributed by atoms with Gasteiger partial charge in [-0.2, -0.15) is 0 Å². The predicted molar refractivity (Wildman–Crippen MR) is 70.7 cm³/mol. The van der Waals surface area contributed by atoms with Crippen LogP contribution in [0.5, 0.6) is 0 Å². The summed E-state index contributed by atoms with van der Waals surface area (Å²) in [6, 6.07) is -0.256. The highest BCUT2D eigenvalue weighted by atomic mass is 32.2. The number of thiazole rings is 1. The fraction of sp³-hybridized carbons (Fsp3) is 0.700. The molecular weight excluding hydrogens is 258 g/mol. The Balaban J connectivity index is 2.52. The maximum Gasteiger partial charge on any atom is 0.212 e. The van der Waals surface area contributed by atoms with Crippen LogP contribution >= 0.6 is 11.3 Å². The van der Waals surface area contributed by atoms with E-state index in [0.717, 1.165) is 10.7 Å². The van der Waals surface area contributed by atoms with Crippen LogP contribution in [0.2, 0.25) is 0 Å². The third-order valence-electron chi connectivity index (χ3n) is 2.20. The summed E-state index contributed by atoms with van der Waals surface area (Å²) in [4.78, 5) is 4.27. The second-order valence-electron chi connectivity index (χ2n) is 3.94. The molecular formula is C10H19N3O2S2. The Hall–Kier alpha value is -0.500. The fourth-order valence-electron chi connectivity index (χ4n) is 1.39. The Bertz CT molecular complexity index is 442. The van der Waals surface area contributed by atoms with E-state index in [-0.39, 0.29) is 11.8 Å². The Morgan fingerprint density at radius 3 is 2.76 bits per heavy atom. The number of nitrogens with zero attached hydrogens (tertiary/aromatic N) is 1. The molecule has 0 saturated carbocycles. The number of rotatable bonds is 7. The SMILES string of the molecule is CNCCCS(=O)(=O)NC(C)c1nc(C)cs1. The summed E-state index contributed by atoms with van der Waals surface area (Å²) in [5.41, 5.74) is 0.922. The average Bonchev–Trinajstić information content (AvgIpc) is 2.64. The molecule has 0 amide bonds. The molecule has 0 radical (unpaired) electrons. The molecule has 0 aliphatic carbocycles. The van der Waals surface area contributed by atoms with Gasteiger partial charge in [0, 0.05) is 11.1 Å². The Kier molecular flexibility index (Phi) is 5.51. The Morgan fingerprint density at radius 1 is 1.53 bits per heavy atom. The molecule has 1 unspecified atom stereocenters. The van der Waals surface area contributed by atoms with E-state index in [1.165, 1.54) is 11.3 Å². The maximum atomic E-state index is 11.7. The molecule has 0 fully saturated rings. The summed E-state index contributed by atoms with van der Waals surface area (Å²) < 4.78 is 26.1. The van der Waals surface area contributed by atoms with Crippen LogP contribution in [0.1, 0.15) is 30.1 Å². The highest BCUT2D eigenvalue weighted by molar-refractivity contribution is 7.89. The molecule has 7 heteroatoms. The standard InChI is InChI=1S/C10H19N3O2S2/c1-8-7-16-10(12-8)9(2)13-17(14,15)6-4-5-11-3/h7,9,11,13H,4-6H2,1-3H3. The first-order chi connectivity index (χ1) is 7.94. The smallest absolute Gasteiger partial charge is 0.212 e. The van der Waals surface area contributed by atoms with Crippen molar-refractivity contribution in [1.82, 2.24) is 15.0 Å². The van der Waals surface area contributed by atoms with Gasteiger partial charge in [-0.3, -0.25) is 0 Å². The molecule has 2 N–H and O–H groups in total. The third-order valence-corrected chi connectivity index (χ3v) is 4.89. The van der Waals surface area contributed by atoms with E-state index in [0.29, 0.717) is 13.0 Å². The zero-order valence-electron chi connectivity index (χ0n) is 10.4. The molecule has 1 atom stereocenters. The van der Waals surface area contributed by atoms with E-state index in [2.05, 4.69) is 15.0 Å². The minimum Gasteiger partial charge on any atom is -0.320 e. The van der Waals surface area contributed by atoms with E-state index in [1.54, 1.807) is 7.05 Å². The number of hydrogen-bond acceptors (Lipinski definition) is 5. The van der Waals surface area contributed by atoms with Gasteiger partial charge in [0.1, 0.15) is 5.01 Å². The second-order valence-corrected chi connectivity index (χ2v) is 6.71. The summed E-state index contributed by atoms with van der Waals surface area (Å²) in [7, 11) is -1.41. The summed E-state index contributed by atoms with van der Waals surface area (Å²) in [6.45, 7) is 4.41. The van der Waals surface area contributed by atoms with E-state index in [4.69, 9.17) is 0 Å². The number of nitrogens with one attached hydrogen (secondary N) is 2. The first-order valence-electron chi connectivity index (χ1n) is 5.51. The molecule has 1 heterocycles. The summed E-state index contributed by atoms with van der Waals surface area (Å²) in [5, 5.41) is 5.65. The molecule has 98 valence electrons. The first kappa shape index (κ1) is 14.6. The lowest BCUT2D eigenvalue weighted by molar-refractivity contribution is 0.562. The molecule has 0 aliphatic heterocycles. The van der Waals surface area contributed by atoms with E-state index < -0.39 is 10.0 Å². The molecule has 0 bridgehead atoms. The van der Waals surface area contributed by atoms with Crippen LogP contribution < -0.4 is 10.0 Å². The van der Waals surface area contributed by atoms with Crippen LogP contribution in [0.15, 0.2) is 5.38 Å². The zero-order chi connectivity index (χ0) is 12.9. The van der Waals surface area contributed by atoms with E-state index in [9.17, 15) is 8.42 Å². The molecule has 1 aromatic rings. The van der Waals surface area contributed by atoms with Crippen LogP contribution in [0.4, 0.5) is 0 Å². The predicted octanol–water partition coefficient (Wildman–Crippen LogP) is 1.04. The van der Waals surface area contributed by atoms with Crippen molar-refractivity contribution in [3.63, 3.8) is 0 Å². The van der Waals surface area contributed by atoms with Crippen molar-refractivity contribution in [2.45, 2.75) is 26.3 Å². The lowest BCUT2D eigenvalue weighted by Crippen LogP contribution is -2.30. The van der Waals surface area contributed by atoms with Gasteiger partial charge in [-0.05, 0) is 33.9 Å². The minimum absolute atomic E-state index is 0.141. The van der Waals surface area contributed by atoms with Crippen LogP contribution in [0.25, 0.3) is 0 Å². The number of hydrogen-bond donors (Lipinski definition) is 2. The Morgan fingerprint density at radius 2 is 2.24 bits per heavy atom. The number of sulfonamides is 1. The molecule has 5 nitrogen and oxygen atoms in total. The van der Waals surface area contributed by atoms with Crippen molar-refractivity contribution >= 4 is 21.4 Å². The summed E-state index contributed by atoms with van der Waals surface area (Å²) >= 11 is 1.48. The molecule has 0 aliphatic rings. The quantitative estimate of drug-likeness (QED) is 0.731. The van der Waals surface area contributed by atoms with Gasteiger partial charge in [-0.25, -0.2) is 18.1 Å². The second kappa shape index (κ2) is 6.44. The normalized spacial score (nSPS) is 13.8. The monoisotopic (exact) mass is 277 g/mol. The fourth-order valence-corrected chi connectivity index (χ4v) is 3.56. The van der Waals surface area contributed by atoms with Crippen molar-refractivity contribution < 1.29 is 8.42 Å².